The summed E-state index contributed by atoms with van der Waals surface area (Å²) in [5.74, 6) is -0.0892. The Morgan fingerprint density at radius 2 is 1.88 bits per heavy atom. The number of rotatable bonds is 3. The van der Waals surface area contributed by atoms with Crippen molar-refractivity contribution < 1.29 is 18.0 Å². The lowest BCUT2D eigenvalue weighted by Gasteiger charge is -2.11. The summed E-state index contributed by atoms with van der Waals surface area (Å²) >= 11 is 0. The fourth-order valence-electron chi connectivity index (χ4n) is 2.48. The van der Waals surface area contributed by atoms with Crippen LogP contribution in [0.2, 0.25) is 0 Å². The van der Waals surface area contributed by atoms with Crippen molar-refractivity contribution in [3.8, 4) is 0 Å². The van der Waals surface area contributed by atoms with E-state index in [-0.39, 0.29) is 22.9 Å². The highest BCUT2D eigenvalue weighted by atomic mass is 32.2. The van der Waals surface area contributed by atoms with Gasteiger partial charge in [-0.2, -0.15) is 0 Å². The van der Waals surface area contributed by atoms with E-state index in [2.05, 4.69) is 16.0 Å². The number of carbonyl (C=O) groups is 2. The van der Waals surface area contributed by atoms with Crippen molar-refractivity contribution in [3.05, 3.63) is 48.0 Å². The number of hydrogen-bond donors (Lipinski definition) is 3. The molecule has 124 valence electrons. The Balaban J connectivity index is 1.76. The quantitative estimate of drug-likeness (QED) is 0.793. The second kappa shape index (κ2) is 5.97. The first kappa shape index (κ1) is 16.0. The molecule has 2 aromatic carbocycles. The van der Waals surface area contributed by atoms with Gasteiger partial charge in [-0.25, -0.2) is 13.2 Å². The maximum Gasteiger partial charge on any atom is 0.323 e. The fraction of sp³-hybridized carbons (Fsp3) is 0.125. The van der Waals surface area contributed by atoms with Gasteiger partial charge in [0.15, 0.2) is 9.84 Å². The van der Waals surface area contributed by atoms with Gasteiger partial charge in [0.05, 0.1) is 17.0 Å². The van der Waals surface area contributed by atoms with Gasteiger partial charge in [0, 0.05) is 17.6 Å². The second-order valence-corrected chi connectivity index (χ2v) is 7.43. The van der Waals surface area contributed by atoms with Crippen molar-refractivity contribution in [1.29, 1.82) is 0 Å². The number of urea groups is 1. The summed E-state index contributed by atoms with van der Waals surface area (Å²) in [5.41, 5.74) is 2.25. The van der Waals surface area contributed by atoms with Gasteiger partial charge in [0.2, 0.25) is 5.91 Å². The standard InChI is InChI=1S/C16H15N3O4S/c1-24(22,23)14-5-3-2-4-13(14)19-16(21)17-11-6-7-12-10(8-11)9-15(20)18-12/h2-8H,9H2,1H3,(H,18,20)(H2,17,19,21). The first-order valence-electron chi connectivity index (χ1n) is 7.13. The maximum absolute atomic E-state index is 12.1. The highest BCUT2D eigenvalue weighted by molar-refractivity contribution is 7.90. The minimum absolute atomic E-state index is 0.0453. The van der Waals surface area contributed by atoms with Crippen LogP contribution >= 0.6 is 0 Å². The first-order chi connectivity index (χ1) is 11.3. The van der Waals surface area contributed by atoms with E-state index in [4.69, 9.17) is 0 Å². The van der Waals surface area contributed by atoms with Crippen LogP contribution in [0.25, 0.3) is 0 Å². The van der Waals surface area contributed by atoms with Gasteiger partial charge >= 0.3 is 6.03 Å². The third-order valence-electron chi connectivity index (χ3n) is 3.52. The largest absolute Gasteiger partial charge is 0.326 e. The molecular formula is C16H15N3O4S. The molecule has 0 atom stereocenters. The molecule has 0 saturated carbocycles. The van der Waals surface area contributed by atoms with Crippen LogP contribution in [-0.2, 0) is 21.1 Å². The SMILES string of the molecule is CS(=O)(=O)c1ccccc1NC(=O)Nc1ccc2c(c1)CC(=O)N2. The monoisotopic (exact) mass is 345 g/mol. The van der Waals surface area contributed by atoms with E-state index in [0.29, 0.717) is 5.69 Å². The third-order valence-corrected chi connectivity index (χ3v) is 4.68. The molecule has 0 unspecified atom stereocenters. The van der Waals surface area contributed by atoms with Crippen molar-refractivity contribution in [2.45, 2.75) is 11.3 Å². The Morgan fingerprint density at radius 3 is 2.62 bits per heavy atom. The highest BCUT2D eigenvalue weighted by Crippen LogP contribution is 2.26. The second-order valence-electron chi connectivity index (χ2n) is 5.44. The average Bonchev–Trinajstić information content (AvgIpc) is 2.86. The number of fused-ring (bicyclic) bond motifs is 1. The van der Waals surface area contributed by atoms with E-state index in [1.165, 1.54) is 12.1 Å². The number of para-hydroxylation sites is 1. The molecule has 0 aliphatic carbocycles. The molecule has 1 aliphatic rings. The van der Waals surface area contributed by atoms with Gasteiger partial charge in [0.25, 0.3) is 0 Å². The Hall–Kier alpha value is -2.87. The number of benzene rings is 2. The van der Waals surface area contributed by atoms with Crippen LogP contribution in [0.5, 0.6) is 0 Å². The van der Waals surface area contributed by atoms with E-state index >= 15 is 0 Å². The molecule has 2 aromatic rings. The van der Waals surface area contributed by atoms with Gasteiger partial charge in [-0.1, -0.05) is 12.1 Å². The Kier molecular flexibility index (Phi) is 3.98. The van der Waals surface area contributed by atoms with Crippen LogP contribution in [-0.4, -0.2) is 26.6 Å². The number of amides is 3. The topological polar surface area (TPSA) is 104 Å². The summed E-state index contributed by atoms with van der Waals surface area (Å²) in [6.07, 6.45) is 1.35. The van der Waals surface area contributed by atoms with Gasteiger partial charge in [-0.3, -0.25) is 4.79 Å². The molecule has 0 fully saturated rings. The van der Waals surface area contributed by atoms with Crippen molar-refractivity contribution in [2.24, 2.45) is 0 Å². The van der Waals surface area contributed by atoms with Crippen molar-refractivity contribution in [3.63, 3.8) is 0 Å². The summed E-state index contributed by atoms with van der Waals surface area (Å²) in [6.45, 7) is 0. The Morgan fingerprint density at radius 1 is 1.12 bits per heavy atom. The van der Waals surface area contributed by atoms with Crippen LogP contribution in [0.15, 0.2) is 47.4 Å². The molecule has 1 aliphatic heterocycles. The number of carbonyl (C=O) groups excluding carboxylic acids is 2. The highest BCUT2D eigenvalue weighted by Gasteiger charge is 2.18. The molecule has 0 radical (unpaired) electrons. The number of nitrogens with one attached hydrogen (secondary N) is 3. The van der Waals surface area contributed by atoms with Crippen molar-refractivity contribution in [1.82, 2.24) is 0 Å². The van der Waals surface area contributed by atoms with Gasteiger partial charge in [-0.05, 0) is 35.9 Å². The normalized spacial score (nSPS) is 13.1. The van der Waals surface area contributed by atoms with Gasteiger partial charge in [-0.15, -0.1) is 0 Å². The Bertz CT molecular complexity index is 938. The van der Waals surface area contributed by atoms with Gasteiger partial charge in [0.1, 0.15) is 0 Å². The van der Waals surface area contributed by atoms with Crippen molar-refractivity contribution in [2.75, 3.05) is 22.2 Å². The molecule has 0 aromatic heterocycles. The van der Waals surface area contributed by atoms with Crippen LogP contribution in [0, 0.1) is 0 Å². The molecular weight excluding hydrogens is 330 g/mol. The van der Waals surface area contributed by atoms with E-state index in [1.807, 2.05) is 0 Å². The predicted octanol–water partition coefficient (Wildman–Crippen LogP) is 2.23. The smallest absolute Gasteiger partial charge is 0.323 e. The zero-order valence-corrected chi connectivity index (χ0v) is 13.6. The number of anilines is 3. The number of sulfone groups is 1. The predicted molar refractivity (Wildman–Crippen MR) is 91.0 cm³/mol. The average molecular weight is 345 g/mol. The lowest BCUT2D eigenvalue weighted by Crippen LogP contribution is -2.20. The summed E-state index contributed by atoms with van der Waals surface area (Å²) < 4.78 is 23.5. The zero-order valence-electron chi connectivity index (χ0n) is 12.8. The number of hydrogen-bond acceptors (Lipinski definition) is 4. The van der Waals surface area contributed by atoms with E-state index < -0.39 is 15.9 Å². The maximum atomic E-state index is 12.1. The lowest BCUT2D eigenvalue weighted by atomic mass is 10.1. The molecule has 0 saturated heterocycles. The van der Waals surface area contributed by atoms with E-state index in [1.54, 1.807) is 30.3 Å². The molecule has 0 spiro atoms. The summed E-state index contributed by atoms with van der Waals surface area (Å²) in [4.78, 5) is 23.5. The summed E-state index contributed by atoms with van der Waals surface area (Å²) in [5, 5.41) is 7.87. The molecule has 3 rings (SSSR count). The minimum Gasteiger partial charge on any atom is -0.326 e. The van der Waals surface area contributed by atoms with E-state index in [9.17, 15) is 18.0 Å². The molecule has 3 N–H and O–H groups in total. The van der Waals surface area contributed by atoms with Crippen LogP contribution in [0.3, 0.4) is 0 Å². The summed E-state index contributed by atoms with van der Waals surface area (Å²) in [6, 6.07) is 10.7. The minimum atomic E-state index is -3.45. The van der Waals surface area contributed by atoms with Crippen LogP contribution in [0.1, 0.15) is 5.56 Å². The third kappa shape index (κ3) is 3.38. The molecule has 0 bridgehead atoms. The fourth-order valence-corrected chi connectivity index (χ4v) is 3.33. The Labute approximate surface area is 139 Å². The first-order valence-corrected chi connectivity index (χ1v) is 9.02. The molecule has 3 amide bonds. The summed E-state index contributed by atoms with van der Waals surface area (Å²) in [7, 11) is -3.45. The van der Waals surface area contributed by atoms with Gasteiger partial charge < -0.3 is 16.0 Å². The molecule has 24 heavy (non-hydrogen) atoms. The lowest BCUT2D eigenvalue weighted by molar-refractivity contribution is -0.115. The molecule has 8 heteroatoms. The zero-order chi connectivity index (χ0) is 17.3. The molecule has 1 heterocycles. The van der Waals surface area contributed by atoms with Crippen LogP contribution in [0.4, 0.5) is 21.9 Å². The van der Waals surface area contributed by atoms with E-state index in [0.717, 1.165) is 17.5 Å². The van der Waals surface area contributed by atoms with Crippen molar-refractivity contribution >= 4 is 38.8 Å². The van der Waals surface area contributed by atoms with Crippen LogP contribution < -0.4 is 16.0 Å². The molecule has 7 nitrogen and oxygen atoms in total.